The Kier molecular flexibility index (Phi) is 6.80. The van der Waals surface area contributed by atoms with Crippen LogP contribution in [0.5, 0.6) is 0 Å². The Hall–Kier alpha value is -0.610. The van der Waals surface area contributed by atoms with Gasteiger partial charge in [-0.25, -0.2) is 0 Å². The van der Waals surface area contributed by atoms with Crippen molar-refractivity contribution < 1.29 is 4.79 Å². The maximum Gasteiger partial charge on any atom is 0.221 e. The molecule has 1 rings (SSSR count). The molecule has 1 aliphatic carbocycles. The Labute approximate surface area is 118 Å². The standard InChI is InChI=1S/C15H31N3O/c1-15(2,3)17-10-9-14(19)16-11-12-18(4)13-7-5-6-8-13/h13,17H,5-12H2,1-4H3,(H,16,19). The molecular formula is C15H31N3O. The molecule has 2 N–H and O–H groups in total. The third-order valence-corrected chi connectivity index (χ3v) is 3.74. The van der Waals surface area contributed by atoms with Gasteiger partial charge in [-0.05, 0) is 40.7 Å². The van der Waals surface area contributed by atoms with E-state index >= 15 is 0 Å². The van der Waals surface area contributed by atoms with Crippen LogP contribution >= 0.6 is 0 Å². The van der Waals surface area contributed by atoms with E-state index in [1.807, 2.05) is 0 Å². The van der Waals surface area contributed by atoms with Gasteiger partial charge in [0.05, 0.1) is 0 Å². The van der Waals surface area contributed by atoms with Crippen molar-refractivity contribution in [2.45, 2.75) is 64.5 Å². The average Bonchev–Trinajstić information content (AvgIpc) is 2.80. The van der Waals surface area contributed by atoms with E-state index in [-0.39, 0.29) is 11.4 Å². The van der Waals surface area contributed by atoms with Gasteiger partial charge in [0.2, 0.25) is 5.91 Å². The molecule has 0 aromatic rings. The van der Waals surface area contributed by atoms with E-state index in [1.54, 1.807) is 0 Å². The van der Waals surface area contributed by atoms with E-state index in [4.69, 9.17) is 0 Å². The summed E-state index contributed by atoms with van der Waals surface area (Å²) in [4.78, 5) is 14.1. The first-order valence-corrected chi connectivity index (χ1v) is 7.60. The summed E-state index contributed by atoms with van der Waals surface area (Å²) in [6.45, 7) is 8.81. The zero-order chi connectivity index (χ0) is 14.3. The SMILES string of the molecule is CN(CCNC(=O)CCNC(C)(C)C)C1CCCC1. The molecule has 1 aliphatic rings. The lowest BCUT2D eigenvalue weighted by Crippen LogP contribution is -2.40. The summed E-state index contributed by atoms with van der Waals surface area (Å²) in [5.74, 6) is 0.150. The number of hydrogen-bond acceptors (Lipinski definition) is 3. The molecule has 0 aromatic heterocycles. The molecule has 1 amide bonds. The molecule has 0 radical (unpaired) electrons. The second-order valence-electron chi connectivity index (χ2n) is 6.70. The van der Waals surface area contributed by atoms with Gasteiger partial charge in [-0.15, -0.1) is 0 Å². The molecule has 0 heterocycles. The molecule has 0 spiro atoms. The summed E-state index contributed by atoms with van der Waals surface area (Å²) in [7, 11) is 2.17. The van der Waals surface area contributed by atoms with Gasteiger partial charge in [0.1, 0.15) is 0 Å². The maximum absolute atomic E-state index is 11.7. The van der Waals surface area contributed by atoms with Crippen molar-refractivity contribution in [2.75, 3.05) is 26.7 Å². The molecule has 0 aromatic carbocycles. The van der Waals surface area contributed by atoms with Gasteiger partial charge in [0.25, 0.3) is 0 Å². The van der Waals surface area contributed by atoms with E-state index in [0.29, 0.717) is 6.42 Å². The predicted octanol–water partition coefficient (Wildman–Crippen LogP) is 1.76. The van der Waals surface area contributed by atoms with Crippen molar-refractivity contribution >= 4 is 5.91 Å². The van der Waals surface area contributed by atoms with Crippen molar-refractivity contribution in [3.8, 4) is 0 Å². The number of likely N-dealkylation sites (N-methyl/N-ethyl adjacent to an activating group) is 1. The van der Waals surface area contributed by atoms with Crippen molar-refractivity contribution in [1.29, 1.82) is 0 Å². The minimum Gasteiger partial charge on any atom is -0.355 e. The van der Waals surface area contributed by atoms with Crippen LogP contribution in [-0.2, 0) is 4.79 Å². The first-order chi connectivity index (χ1) is 8.88. The van der Waals surface area contributed by atoms with Crippen LogP contribution in [-0.4, -0.2) is 49.1 Å². The highest BCUT2D eigenvalue weighted by atomic mass is 16.1. The Morgan fingerprint density at radius 1 is 1.21 bits per heavy atom. The zero-order valence-corrected chi connectivity index (χ0v) is 13.1. The second-order valence-corrected chi connectivity index (χ2v) is 6.70. The molecule has 4 nitrogen and oxygen atoms in total. The fraction of sp³-hybridized carbons (Fsp3) is 0.933. The van der Waals surface area contributed by atoms with Gasteiger partial charge in [0, 0.05) is 37.6 Å². The molecule has 112 valence electrons. The third kappa shape index (κ3) is 7.53. The van der Waals surface area contributed by atoms with Crippen LogP contribution in [0.4, 0.5) is 0 Å². The smallest absolute Gasteiger partial charge is 0.221 e. The van der Waals surface area contributed by atoms with Crippen molar-refractivity contribution in [2.24, 2.45) is 0 Å². The van der Waals surface area contributed by atoms with Crippen LogP contribution in [0.15, 0.2) is 0 Å². The first-order valence-electron chi connectivity index (χ1n) is 7.60. The van der Waals surface area contributed by atoms with Crippen LogP contribution < -0.4 is 10.6 Å². The zero-order valence-electron chi connectivity index (χ0n) is 13.1. The van der Waals surface area contributed by atoms with Gasteiger partial charge in [-0.1, -0.05) is 12.8 Å². The van der Waals surface area contributed by atoms with Crippen LogP contribution in [0.3, 0.4) is 0 Å². The van der Waals surface area contributed by atoms with Gasteiger partial charge < -0.3 is 15.5 Å². The lowest BCUT2D eigenvalue weighted by molar-refractivity contribution is -0.121. The van der Waals surface area contributed by atoms with Crippen molar-refractivity contribution in [1.82, 2.24) is 15.5 Å². The summed E-state index contributed by atoms with van der Waals surface area (Å²) in [5, 5.41) is 6.33. The van der Waals surface area contributed by atoms with Gasteiger partial charge in [-0.2, -0.15) is 0 Å². The monoisotopic (exact) mass is 269 g/mol. The minimum atomic E-state index is 0.0863. The van der Waals surface area contributed by atoms with Gasteiger partial charge >= 0.3 is 0 Å². The van der Waals surface area contributed by atoms with Crippen LogP contribution in [0.1, 0.15) is 52.9 Å². The Morgan fingerprint density at radius 3 is 2.42 bits per heavy atom. The summed E-state index contributed by atoms with van der Waals surface area (Å²) in [6, 6.07) is 0.736. The summed E-state index contributed by atoms with van der Waals surface area (Å²) in [5.41, 5.74) is 0.0863. The van der Waals surface area contributed by atoms with Crippen LogP contribution in [0.25, 0.3) is 0 Å². The average molecular weight is 269 g/mol. The highest BCUT2D eigenvalue weighted by Crippen LogP contribution is 2.21. The molecule has 0 aliphatic heterocycles. The summed E-state index contributed by atoms with van der Waals surface area (Å²) < 4.78 is 0. The summed E-state index contributed by atoms with van der Waals surface area (Å²) >= 11 is 0. The largest absolute Gasteiger partial charge is 0.355 e. The Bertz CT molecular complexity index is 267. The lowest BCUT2D eigenvalue weighted by Gasteiger charge is -2.24. The molecular weight excluding hydrogens is 238 g/mol. The molecule has 1 saturated carbocycles. The van der Waals surface area contributed by atoms with Gasteiger partial charge in [-0.3, -0.25) is 4.79 Å². The fourth-order valence-electron chi connectivity index (χ4n) is 2.54. The highest BCUT2D eigenvalue weighted by Gasteiger charge is 2.18. The number of rotatable bonds is 7. The van der Waals surface area contributed by atoms with E-state index in [0.717, 1.165) is 25.7 Å². The number of hydrogen-bond donors (Lipinski definition) is 2. The van der Waals surface area contributed by atoms with Crippen molar-refractivity contribution in [3.63, 3.8) is 0 Å². The molecule has 0 saturated heterocycles. The Morgan fingerprint density at radius 2 is 1.84 bits per heavy atom. The number of carbonyl (C=O) groups is 1. The first kappa shape index (κ1) is 16.4. The van der Waals surface area contributed by atoms with Gasteiger partial charge in [0.15, 0.2) is 0 Å². The lowest BCUT2D eigenvalue weighted by atomic mass is 10.1. The molecule has 0 bridgehead atoms. The van der Waals surface area contributed by atoms with E-state index in [9.17, 15) is 4.79 Å². The maximum atomic E-state index is 11.7. The number of amides is 1. The van der Waals surface area contributed by atoms with E-state index in [2.05, 4.69) is 43.4 Å². The highest BCUT2D eigenvalue weighted by molar-refractivity contribution is 5.76. The molecule has 0 atom stereocenters. The minimum absolute atomic E-state index is 0.0863. The van der Waals surface area contributed by atoms with Crippen LogP contribution in [0, 0.1) is 0 Å². The number of nitrogens with one attached hydrogen (secondary N) is 2. The molecule has 1 fully saturated rings. The molecule has 4 heteroatoms. The number of nitrogens with zero attached hydrogens (tertiary/aromatic N) is 1. The van der Waals surface area contributed by atoms with Crippen molar-refractivity contribution in [3.05, 3.63) is 0 Å². The third-order valence-electron chi connectivity index (χ3n) is 3.74. The topological polar surface area (TPSA) is 44.4 Å². The summed E-state index contributed by atoms with van der Waals surface area (Å²) in [6.07, 6.45) is 5.92. The molecule has 0 unspecified atom stereocenters. The van der Waals surface area contributed by atoms with E-state index < -0.39 is 0 Å². The predicted molar refractivity (Wildman–Crippen MR) is 80.3 cm³/mol. The second kappa shape index (κ2) is 7.85. The quantitative estimate of drug-likeness (QED) is 0.740. The number of carbonyl (C=O) groups excluding carboxylic acids is 1. The fourth-order valence-corrected chi connectivity index (χ4v) is 2.54. The molecule has 19 heavy (non-hydrogen) atoms. The van der Waals surface area contributed by atoms with Crippen LogP contribution in [0.2, 0.25) is 0 Å². The Balaban J connectivity index is 2.03. The van der Waals surface area contributed by atoms with E-state index in [1.165, 1.54) is 25.7 Å². The normalized spacial score (nSPS) is 17.1.